The number of para-hydroxylation sites is 1. The molecule has 0 aliphatic carbocycles. The Hall–Kier alpha value is -5.23. The fourth-order valence-electron chi connectivity index (χ4n) is 4.30. The highest BCUT2D eigenvalue weighted by Gasteiger charge is 2.20. The minimum absolute atomic E-state index is 0.0544. The Morgan fingerprint density at radius 2 is 1.86 bits per heavy atom. The molecule has 0 bridgehead atoms. The van der Waals surface area contributed by atoms with Crippen molar-refractivity contribution in [2.45, 2.75) is 13.0 Å². The van der Waals surface area contributed by atoms with Gasteiger partial charge in [-0.2, -0.15) is 0 Å². The first-order valence-corrected chi connectivity index (χ1v) is 11.5. The van der Waals surface area contributed by atoms with Gasteiger partial charge in [0.2, 0.25) is 17.5 Å². The fraction of sp³-hybridized carbons (Fsp3) is 0.107. The summed E-state index contributed by atoms with van der Waals surface area (Å²) in [4.78, 5) is 30.1. The van der Waals surface area contributed by atoms with Crippen LogP contribution in [-0.2, 0) is 0 Å². The average molecular weight is 490 g/mol. The molecule has 1 atom stereocenters. The Labute approximate surface area is 213 Å². The first kappa shape index (κ1) is 23.5. The summed E-state index contributed by atoms with van der Waals surface area (Å²) >= 11 is 0. The molecule has 9 nitrogen and oxygen atoms in total. The maximum Gasteiger partial charge on any atom is 0.263 e. The number of ether oxygens (including phenoxy) is 1. The summed E-state index contributed by atoms with van der Waals surface area (Å²) in [6, 6.07) is 20.4. The third kappa shape index (κ3) is 4.44. The number of anilines is 2. The van der Waals surface area contributed by atoms with Crippen molar-refractivity contribution in [3.8, 4) is 22.7 Å². The van der Waals surface area contributed by atoms with E-state index in [0.29, 0.717) is 28.5 Å². The molecule has 3 heterocycles. The molecule has 5 aromatic rings. The molecular formula is C28H23N7O2. The monoisotopic (exact) mass is 489 g/mol. The third-order valence-corrected chi connectivity index (χ3v) is 6.05. The summed E-state index contributed by atoms with van der Waals surface area (Å²) in [5.41, 5.74) is 8.83. The molecule has 0 fully saturated rings. The molecule has 3 aromatic heterocycles. The van der Waals surface area contributed by atoms with E-state index in [-0.39, 0.29) is 17.2 Å². The number of nitrogens with zero attached hydrogens (tertiary/aromatic N) is 5. The standard InChI is InChI=1S/C28H23N7O2/c1-17(33-26-22(30-2)16-32-28(29)34-26)23-14-18-8-7-11-21(19-12-13-24(37-3)31-15-19)25(18)27(36)35(23)20-9-5-4-6-10-20/h4-17H,1,3H3,(H3,29,32,33,34)/t17-/m0/s1. The van der Waals surface area contributed by atoms with Gasteiger partial charge in [-0.3, -0.25) is 9.36 Å². The average Bonchev–Trinajstić information content (AvgIpc) is 2.93. The number of pyridine rings is 2. The number of nitrogen functional groups attached to an aromatic ring is 1. The zero-order valence-corrected chi connectivity index (χ0v) is 20.2. The molecule has 0 amide bonds. The van der Waals surface area contributed by atoms with E-state index < -0.39 is 6.04 Å². The Bertz CT molecular complexity index is 1690. The van der Waals surface area contributed by atoms with Gasteiger partial charge in [0.15, 0.2) is 0 Å². The lowest BCUT2D eigenvalue weighted by Crippen LogP contribution is -2.26. The molecule has 9 heteroatoms. The van der Waals surface area contributed by atoms with Crippen LogP contribution in [0, 0.1) is 6.57 Å². The predicted octanol–water partition coefficient (Wildman–Crippen LogP) is 5.16. The number of aromatic nitrogens is 4. The normalized spacial score (nSPS) is 11.6. The summed E-state index contributed by atoms with van der Waals surface area (Å²) in [7, 11) is 1.56. The fourth-order valence-corrected chi connectivity index (χ4v) is 4.30. The van der Waals surface area contributed by atoms with E-state index in [1.165, 1.54) is 6.20 Å². The van der Waals surface area contributed by atoms with Gasteiger partial charge in [0.25, 0.3) is 5.56 Å². The molecular weight excluding hydrogens is 466 g/mol. The van der Waals surface area contributed by atoms with Crippen molar-refractivity contribution in [3.05, 3.63) is 107 Å². The van der Waals surface area contributed by atoms with Gasteiger partial charge in [0, 0.05) is 35.4 Å². The molecule has 182 valence electrons. The number of nitrogens with two attached hydrogens (primary N) is 1. The van der Waals surface area contributed by atoms with E-state index in [1.54, 1.807) is 23.9 Å². The maximum absolute atomic E-state index is 14.2. The number of hydrogen-bond acceptors (Lipinski definition) is 7. The van der Waals surface area contributed by atoms with Crippen LogP contribution < -0.4 is 21.3 Å². The summed E-state index contributed by atoms with van der Waals surface area (Å²) in [5.74, 6) is 0.857. The summed E-state index contributed by atoms with van der Waals surface area (Å²) in [6.07, 6.45) is 3.08. The van der Waals surface area contributed by atoms with Crippen LogP contribution in [0.4, 0.5) is 17.5 Å². The van der Waals surface area contributed by atoms with Gasteiger partial charge in [-0.15, -0.1) is 0 Å². The lowest BCUT2D eigenvalue weighted by molar-refractivity contribution is 0.398. The van der Waals surface area contributed by atoms with Gasteiger partial charge < -0.3 is 15.8 Å². The van der Waals surface area contributed by atoms with Crippen molar-refractivity contribution in [2.24, 2.45) is 0 Å². The van der Waals surface area contributed by atoms with Crippen LogP contribution in [0.25, 0.3) is 32.4 Å². The van der Waals surface area contributed by atoms with Gasteiger partial charge in [-0.25, -0.2) is 19.8 Å². The van der Waals surface area contributed by atoms with Crippen LogP contribution in [-0.4, -0.2) is 26.6 Å². The van der Waals surface area contributed by atoms with E-state index in [0.717, 1.165) is 16.5 Å². The first-order chi connectivity index (χ1) is 18.0. The van der Waals surface area contributed by atoms with Crippen molar-refractivity contribution in [3.63, 3.8) is 0 Å². The number of benzene rings is 2. The second-order valence-corrected chi connectivity index (χ2v) is 8.34. The van der Waals surface area contributed by atoms with Gasteiger partial charge in [-0.1, -0.05) is 36.4 Å². The van der Waals surface area contributed by atoms with Crippen LogP contribution in [0.2, 0.25) is 0 Å². The molecule has 37 heavy (non-hydrogen) atoms. The van der Waals surface area contributed by atoms with E-state index in [1.807, 2.05) is 67.6 Å². The first-order valence-electron chi connectivity index (χ1n) is 11.5. The summed E-state index contributed by atoms with van der Waals surface area (Å²) < 4.78 is 6.87. The van der Waals surface area contributed by atoms with Crippen molar-refractivity contribution < 1.29 is 4.74 Å². The Morgan fingerprint density at radius 3 is 2.57 bits per heavy atom. The Kier molecular flexibility index (Phi) is 6.22. The quantitative estimate of drug-likeness (QED) is 0.317. The Balaban J connectivity index is 1.73. The van der Waals surface area contributed by atoms with Crippen LogP contribution >= 0.6 is 0 Å². The van der Waals surface area contributed by atoms with Crippen LogP contribution in [0.3, 0.4) is 0 Å². The highest BCUT2D eigenvalue weighted by molar-refractivity contribution is 5.96. The second-order valence-electron chi connectivity index (χ2n) is 8.34. The van der Waals surface area contributed by atoms with E-state index in [9.17, 15) is 4.79 Å². The number of nitrogens with one attached hydrogen (secondary N) is 1. The molecule has 5 rings (SSSR count). The van der Waals surface area contributed by atoms with Gasteiger partial charge in [0.1, 0.15) is 5.82 Å². The maximum atomic E-state index is 14.2. The molecule has 2 aromatic carbocycles. The molecule has 0 saturated carbocycles. The number of rotatable bonds is 6. The minimum Gasteiger partial charge on any atom is -0.481 e. The molecule has 0 aliphatic heterocycles. The number of methoxy groups -OCH3 is 1. The van der Waals surface area contributed by atoms with Crippen molar-refractivity contribution in [1.29, 1.82) is 0 Å². The molecule has 0 unspecified atom stereocenters. The van der Waals surface area contributed by atoms with E-state index in [2.05, 4.69) is 25.1 Å². The molecule has 0 saturated heterocycles. The lowest BCUT2D eigenvalue weighted by atomic mass is 9.99. The topological polar surface area (TPSA) is 112 Å². The summed E-state index contributed by atoms with van der Waals surface area (Å²) in [5, 5.41) is 4.60. The zero-order valence-electron chi connectivity index (χ0n) is 20.2. The molecule has 0 aliphatic rings. The highest BCUT2D eigenvalue weighted by Crippen LogP contribution is 2.31. The third-order valence-electron chi connectivity index (χ3n) is 6.05. The van der Waals surface area contributed by atoms with Crippen LogP contribution in [0.1, 0.15) is 18.7 Å². The van der Waals surface area contributed by atoms with Crippen molar-refractivity contribution in [2.75, 3.05) is 18.2 Å². The smallest absolute Gasteiger partial charge is 0.263 e. The molecule has 3 N–H and O–H groups in total. The number of hydrogen-bond donors (Lipinski definition) is 2. The largest absolute Gasteiger partial charge is 0.481 e. The predicted molar refractivity (Wildman–Crippen MR) is 144 cm³/mol. The van der Waals surface area contributed by atoms with E-state index in [4.69, 9.17) is 17.0 Å². The summed E-state index contributed by atoms with van der Waals surface area (Å²) in [6.45, 7) is 9.36. The minimum atomic E-state index is -0.404. The van der Waals surface area contributed by atoms with E-state index >= 15 is 0 Å². The second kappa shape index (κ2) is 9.79. The lowest BCUT2D eigenvalue weighted by Gasteiger charge is -2.22. The van der Waals surface area contributed by atoms with Crippen molar-refractivity contribution >= 4 is 28.2 Å². The van der Waals surface area contributed by atoms with Gasteiger partial charge in [0.05, 0.1) is 25.1 Å². The van der Waals surface area contributed by atoms with Gasteiger partial charge >= 0.3 is 0 Å². The van der Waals surface area contributed by atoms with Gasteiger partial charge in [-0.05, 0) is 42.1 Å². The zero-order chi connectivity index (χ0) is 25.9. The number of fused-ring (bicyclic) bond motifs is 1. The van der Waals surface area contributed by atoms with Crippen LogP contribution in [0.5, 0.6) is 5.88 Å². The molecule has 0 spiro atoms. The Morgan fingerprint density at radius 1 is 1.05 bits per heavy atom. The van der Waals surface area contributed by atoms with Crippen molar-refractivity contribution in [1.82, 2.24) is 19.5 Å². The van der Waals surface area contributed by atoms with Crippen LogP contribution in [0.15, 0.2) is 83.9 Å². The highest BCUT2D eigenvalue weighted by atomic mass is 16.5. The SMILES string of the molecule is [C-]#[N+]c1cnc(N)nc1N[C@@H](C)c1cc2cccc(-c3ccc(OC)nc3)c2c(=O)n1-c1ccccc1. The molecule has 0 radical (unpaired) electrons.